The highest BCUT2D eigenvalue weighted by Crippen LogP contribution is 2.46. The largest absolute Gasteiger partial charge is 0.352 e. The van der Waals surface area contributed by atoms with Crippen LogP contribution in [-0.2, 0) is 0 Å². The maximum absolute atomic E-state index is 12.6. The molecule has 0 aliphatic heterocycles. The summed E-state index contributed by atoms with van der Waals surface area (Å²) in [6.07, 6.45) is 0.915. The number of aromatic nitrogens is 2. The van der Waals surface area contributed by atoms with E-state index in [2.05, 4.69) is 39.5 Å². The van der Waals surface area contributed by atoms with E-state index in [0.29, 0.717) is 12.1 Å². The average molecular weight is 426 g/mol. The van der Waals surface area contributed by atoms with Crippen LogP contribution in [0.2, 0.25) is 0 Å². The zero-order chi connectivity index (χ0) is 22.2. The molecule has 4 N–H and O–H groups in total. The molecule has 3 aromatic carbocycles. The number of carbonyl (C=O) groups excluding carboxylic acids is 1. The molecule has 32 heavy (non-hydrogen) atoms. The molecule has 1 aliphatic rings. The van der Waals surface area contributed by atoms with Gasteiger partial charge < -0.3 is 20.9 Å². The van der Waals surface area contributed by atoms with Gasteiger partial charge in [-0.3, -0.25) is 4.79 Å². The molecule has 0 spiro atoms. The number of nitrogens with one attached hydrogen (secondary N) is 2. The van der Waals surface area contributed by atoms with Gasteiger partial charge in [-0.2, -0.15) is 0 Å². The van der Waals surface area contributed by atoms with Crippen LogP contribution < -0.4 is 11.1 Å². The molecule has 4 aromatic rings. The summed E-state index contributed by atoms with van der Waals surface area (Å²) in [6.45, 7) is 1.59. The van der Waals surface area contributed by atoms with Crippen LogP contribution in [0.25, 0.3) is 33.5 Å². The molecule has 5 rings (SSSR count). The Morgan fingerprint density at radius 2 is 1.84 bits per heavy atom. The molecule has 1 amide bonds. The van der Waals surface area contributed by atoms with Gasteiger partial charge in [0.1, 0.15) is 5.82 Å². The molecule has 6 nitrogen and oxygen atoms in total. The van der Waals surface area contributed by atoms with Crippen LogP contribution in [0.4, 0.5) is 0 Å². The molecule has 0 saturated carbocycles. The quantitative estimate of drug-likeness (QED) is 0.409. The summed E-state index contributed by atoms with van der Waals surface area (Å²) in [5.41, 5.74) is 14.4. The number of fused-ring (bicyclic) bond motifs is 4. The first-order chi connectivity index (χ1) is 15.5. The number of H-pyrrole nitrogens is 1. The predicted molar refractivity (Wildman–Crippen MR) is 129 cm³/mol. The highest BCUT2D eigenvalue weighted by atomic mass is 16.1. The summed E-state index contributed by atoms with van der Waals surface area (Å²) >= 11 is 0. The highest BCUT2D eigenvalue weighted by molar-refractivity contribution is 5.98. The molecule has 1 atom stereocenters. The van der Waals surface area contributed by atoms with Gasteiger partial charge in [0.2, 0.25) is 0 Å². The molecule has 0 bridgehead atoms. The van der Waals surface area contributed by atoms with Gasteiger partial charge in [0, 0.05) is 17.7 Å². The number of nitrogens with zero attached hydrogens (tertiary/aromatic N) is 2. The maximum atomic E-state index is 12.6. The minimum atomic E-state index is -0.131. The number of rotatable bonds is 6. The van der Waals surface area contributed by atoms with E-state index in [1.54, 1.807) is 0 Å². The summed E-state index contributed by atoms with van der Waals surface area (Å²) in [7, 11) is 4.06. The number of aromatic amines is 1. The number of nitrogens with two attached hydrogens (primary N) is 1. The topological polar surface area (TPSA) is 87.0 Å². The average Bonchev–Trinajstić information content (AvgIpc) is 3.35. The monoisotopic (exact) mass is 425 g/mol. The van der Waals surface area contributed by atoms with Crippen LogP contribution in [0.1, 0.15) is 33.9 Å². The van der Waals surface area contributed by atoms with Crippen molar-refractivity contribution in [3.8, 4) is 22.5 Å². The van der Waals surface area contributed by atoms with Crippen LogP contribution in [0.5, 0.6) is 0 Å². The van der Waals surface area contributed by atoms with Crippen LogP contribution in [0, 0.1) is 0 Å². The Labute approximate surface area is 187 Å². The van der Waals surface area contributed by atoms with Crippen molar-refractivity contribution in [1.82, 2.24) is 20.2 Å². The highest BCUT2D eigenvalue weighted by Gasteiger charge is 2.28. The van der Waals surface area contributed by atoms with Crippen molar-refractivity contribution in [3.63, 3.8) is 0 Å². The minimum Gasteiger partial charge on any atom is -0.352 e. The van der Waals surface area contributed by atoms with Gasteiger partial charge in [-0.25, -0.2) is 4.98 Å². The standard InChI is InChI=1S/C26H27N5O/c1-31(2)14-6-13-28-26(32)16-11-12-21-22(15-16)30-25(29-21)20-10-5-9-19-23(20)17-7-3-4-8-18(17)24(19)27/h3-5,7-12,15,24H,6,13-14,27H2,1-2H3,(H,28,32)(H,29,30)/t24-/m1/s1. The van der Waals surface area contributed by atoms with Crippen molar-refractivity contribution in [2.75, 3.05) is 27.2 Å². The third-order valence-corrected chi connectivity index (χ3v) is 6.06. The smallest absolute Gasteiger partial charge is 0.251 e. The Morgan fingerprint density at radius 3 is 2.69 bits per heavy atom. The van der Waals surface area contributed by atoms with E-state index >= 15 is 0 Å². The summed E-state index contributed by atoms with van der Waals surface area (Å²) in [5.74, 6) is 0.714. The van der Waals surface area contributed by atoms with Crippen molar-refractivity contribution in [3.05, 3.63) is 77.4 Å². The normalized spacial score (nSPS) is 14.6. The van der Waals surface area contributed by atoms with Crippen LogP contribution >= 0.6 is 0 Å². The Kier molecular flexibility index (Phi) is 5.25. The Morgan fingerprint density at radius 1 is 1.06 bits per heavy atom. The first kappa shape index (κ1) is 20.4. The molecular formula is C26H27N5O. The first-order valence-corrected chi connectivity index (χ1v) is 10.9. The second-order valence-electron chi connectivity index (χ2n) is 8.56. The van der Waals surface area contributed by atoms with E-state index in [1.807, 2.05) is 50.5 Å². The van der Waals surface area contributed by atoms with E-state index in [9.17, 15) is 4.79 Å². The van der Waals surface area contributed by atoms with E-state index < -0.39 is 0 Å². The van der Waals surface area contributed by atoms with E-state index in [-0.39, 0.29) is 11.9 Å². The summed E-state index contributed by atoms with van der Waals surface area (Å²) in [6, 6.07) is 19.9. The SMILES string of the molecule is CN(C)CCCNC(=O)c1ccc2nc(-c3cccc4c3-c3ccccc3[C@H]4N)[nH]c2c1. The van der Waals surface area contributed by atoms with Crippen molar-refractivity contribution < 1.29 is 4.79 Å². The fourth-order valence-corrected chi connectivity index (χ4v) is 4.47. The third kappa shape index (κ3) is 3.57. The lowest BCUT2D eigenvalue weighted by atomic mass is 9.99. The van der Waals surface area contributed by atoms with Crippen molar-refractivity contribution >= 4 is 16.9 Å². The van der Waals surface area contributed by atoms with Gasteiger partial charge in [0.05, 0.1) is 17.1 Å². The molecule has 162 valence electrons. The fraction of sp³-hybridized carbons (Fsp3) is 0.231. The Balaban J connectivity index is 1.46. The van der Waals surface area contributed by atoms with Crippen LogP contribution in [-0.4, -0.2) is 48.0 Å². The van der Waals surface area contributed by atoms with Gasteiger partial charge >= 0.3 is 0 Å². The Bertz CT molecular complexity index is 1310. The van der Waals surface area contributed by atoms with Gasteiger partial charge in [-0.15, -0.1) is 0 Å². The van der Waals surface area contributed by atoms with Crippen molar-refractivity contribution in [1.29, 1.82) is 0 Å². The molecule has 1 aliphatic carbocycles. The lowest BCUT2D eigenvalue weighted by Gasteiger charge is -2.09. The van der Waals surface area contributed by atoms with E-state index in [1.165, 1.54) is 0 Å². The second-order valence-corrected chi connectivity index (χ2v) is 8.56. The number of amides is 1. The summed E-state index contributed by atoms with van der Waals surface area (Å²) in [5, 5.41) is 2.99. The van der Waals surface area contributed by atoms with E-state index in [0.717, 1.165) is 57.6 Å². The van der Waals surface area contributed by atoms with Crippen molar-refractivity contribution in [2.24, 2.45) is 5.73 Å². The molecule has 0 unspecified atom stereocenters. The fourth-order valence-electron chi connectivity index (χ4n) is 4.47. The molecular weight excluding hydrogens is 398 g/mol. The second kappa shape index (κ2) is 8.22. The zero-order valence-electron chi connectivity index (χ0n) is 18.4. The van der Waals surface area contributed by atoms with Crippen LogP contribution in [0.15, 0.2) is 60.7 Å². The molecule has 1 aromatic heterocycles. The lowest BCUT2D eigenvalue weighted by molar-refractivity contribution is 0.0952. The molecule has 0 saturated heterocycles. The van der Waals surface area contributed by atoms with Gasteiger partial charge in [0.25, 0.3) is 5.91 Å². The summed E-state index contributed by atoms with van der Waals surface area (Å²) in [4.78, 5) is 22.9. The molecule has 0 fully saturated rings. The van der Waals surface area contributed by atoms with Gasteiger partial charge in [-0.1, -0.05) is 42.5 Å². The summed E-state index contributed by atoms with van der Waals surface area (Å²) < 4.78 is 0. The van der Waals surface area contributed by atoms with Gasteiger partial charge in [0.15, 0.2) is 0 Å². The molecule has 1 heterocycles. The molecule has 0 radical (unpaired) electrons. The maximum Gasteiger partial charge on any atom is 0.251 e. The third-order valence-electron chi connectivity index (χ3n) is 6.06. The zero-order valence-corrected chi connectivity index (χ0v) is 18.4. The van der Waals surface area contributed by atoms with Crippen molar-refractivity contribution in [2.45, 2.75) is 12.5 Å². The molecule has 6 heteroatoms. The minimum absolute atomic E-state index is 0.0673. The lowest BCUT2D eigenvalue weighted by Crippen LogP contribution is -2.27. The van der Waals surface area contributed by atoms with E-state index in [4.69, 9.17) is 10.7 Å². The van der Waals surface area contributed by atoms with Crippen LogP contribution in [0.3, 0.4) is 0 Å². The van der Waals surface area contributed by atoms with Gasteiger partial charge in [-0.05, 0) is 67.5 Å². The first-order valence-electron chi connectivity index (χ1n) is 10.9. The number of imidazole rings is 1. The number of benzene rings is 3. The number of hydrogen-bond acceptors (Lipinski definition) is 4. The number of hydrogen-bond donors (Lipinski definition) is 3. The predicted octanol–water partition coefficient (Wildman–Crippen LogP) is 3.94. The Hall–Kier alpha value is -3.48. The number of carbonyl (C=O) groups is 1.